The number of nitrogen functional groups attached to an aromatic ring is 1. The van der Waals surface area contributed by atoms with Crippen LogP contribution in [0.15, 0.2) is 35.3 Å². The molecule has 0 aromatic heterocycles. The van der Waals surface area contributed by atoms with Crippen molar-refractivity contribution in [1.29, 1.82) is 0 Å². The molecule has 1 aromatic rings. The Morgan fingerprint density at radius 2 is 2.38 bits per heavy atom. The molecule has 0 saturated carbocycles. The number of carbonyl (C=O) groups is 1. The van der Waals surface area contributed by atoms with Crippen molar-refractivity contribution in [3.63, 3.8) is 0 Å². The molecule has 0 saturated heterocycles. The van der Waals surface area contributed by atoms with Crippen molar-refractivity contribution in [3.8, 4) is 0 Å². The van der Waals surface area contributed by atoms with Crippen molar-refractivity contribution in [1.82, 2.24) is 5.32 Å². The lowest BCUT2D eigenvalue weighted by molar-refractivity contribution is 0.0940. The fourth-order valence-electron chi connectivity index (χ4n) is 1.34. The van der Waals surface area contributed by atoms with Crippen LogP contribution in [0.3, 0.4) is 0 Å². The molecule has 1 rings (SSSR count). The normalized spacial score (nSPS) is 11.9. The maximum absolute atomic E-state index is 11.9. The number of nitrogens with two attached hydrogens (primary N) is 1. The highest BCUT2D eigenvalue weighted by Crippen LogP contribution is 2.23. The van der Waals surface area contributed by atoms with Gasteiger partial charge in [0.2, 0.25) is 0 Å². The maximum Gasteiger partial charge on any atom is 0.252 e. The van der Waals surface area contributed by atoms with Gasteiger partial charge in [0.15, 0.2) is 0 Å². The van der Waals surface area contributed by atoms with E-state index in [1.807, 2.05) is 6.92 Å². The van der Waals surface area contributed by atoms with Gasteiger partial charge in [-0.25, -0.2) is 0 Å². The number of rotatable bonds is 4. The van der Waals surface area contributed by atoms with E-state index in [0.29, 0.717) is 15.7 Å². The van der Waals surface area contributed by atoms with Crippen LogP contribution in [0, 0.1) is 0 Å². The molecule has 3 nitrogen and oxygen atoms in total. The number of amides is 1. The molecule has 0 aliphatic carbocycles. The molecule has 3 N–H and O–H groups in total. The lowest BCUT2D eigenvalue weighted by Crippen LogP contribution is -2.32. The fourth-order valence-corrected chi connectivity index (χ4v) is 1.78. The molecule has 1 aromatic carbocycles. The molecular formula is C12H15BrN2O. The van der Waals surface area contributed by atoms with Crippen molar-refractivity contribution in [2.75, 3.05) is 5.73 Å². The Kier molecular flexibility index (Phi) is 4.55. The van der Waals surface area contributed by atoms with Crippen LogP contribution in [0.1, 0.15) is 23.7 Å². The quantitative estimate of drug-likeness (QED) is 0.659. The van der Waals surface area contributed by atoms with Crippen LogP contribution in [0.2, 0.25) is 0 Å². The molecule has 0 fully saturated rings. The largest absolute Gasteiger partial charge is 0.398 e. The lowest BCUT2D eigenvalue weighted by Gasteiger charge is -2.13. The van der Waals surface area contributed by atoms with E-state index >= 15 is 0 Å². The zero-order valence-electron chi connectivity index (χ0n) is 9.16. The average Bonchev–Trinajstić information content (AvgIpc) is 2.22. The summed E-state index contributed by atoms with van der Waals surface area (Å²) >= 11 is 3.30. The monoisotopic (exact) mass is 282 g/mol. The standard InChI is InChI=1S/C12H15BrN2O/c1-3-5-8(2)15-12(16)9-6-4-7-10(14)11(9)13/h3-4,6-8H,1,5,14H2,2H3,(H,15,16). The summed E-state index contributed by atoms with van der Waals surface area (Å²) in [7, 11) is 0. The molecule has 1 amide bonds. The molecule has 1 unspecified atom stereocenters. The second kappa shape index (κ2) is 5.70. The summed E-state index contributed by atoms with van der Waals surface area (Å²) < 4.78 is 0.637. The fraction of sp³-hybridized carbons (Fsp3) is 0.250. The molecule has 1 atom stereocenters. The Labute approximate surface area is 104 Å². The highest BCUT2D eigenvalue weighted by Gasteiger charge is 2.13. The van der Waals surface area contributed by atoms with Crippen LogP contribution >= 0.6 is 15.9 Å². The smallest absolute Gasteiger partial charge is 0.252 e. The molecule has 0 aliphatic rings. The van der Waals surface area contributed by atoms with Gasteiger partial charge in [-0.3, -0.25) is 4.79 Å². The van der Waals surface area contributed by atoms with Crippen molar-refractivity contribution < 1.29 is 4.79 Å². The van der Waals surface area contributed by atoms with E-state index < -0.39 is 0 Å². The van der Waals surface area contributed by atoms with Gasteiger partial charge >= 0.3 is 0 Å². The minimum absolute atomic E-state index is 0.0679. The molecule has 0 radical (unpaired) electrons. The minimum atomic E-state index is -0.131. The van der Waals surface area contributed by atoms with E-state index in [-0.39, 0.29) is 11.9 Å². The van der Waals surface area contributed by atoms with Crippen molar-refractivity contribution >= 4 is 27.5 Å². The topological polar surface area (TPSA) is 55.1 Å². The molecule has 86 valence electrons. The number of anilines is 1. The number of hydrogen-bond acceptors (Lipinski definition) is 2. The number of carbonyl (C=O) groups excluding carboxylic acids is 1. The summed E-state index contributed by atoms with van der Waals surface area (Å²) in [4.78, 5) is 11.9. The van der Waals surface area contributed by atoms with E-state index in [0.717, 1.165) is 6.42 Å². The number of hydrogen-bond donors (Lipinski definition) is 2. The predicted molar refractivity (Wildman–Crippen MR) is 70.3 cm³/mol. The highest BCUT2D eigenvalue weighted by molar-refractivity contribution is 9.10. The molecule has 0 aliphatic heterocycles. The number of halogens is 1. The Balaban J connectivity index is 2.81. The molecule has 0 bridgehead atoms. The average molecular weight is 283 g/mol. The Bertz CT molecular complexity index is 404. The molecular weight excluding hydrogens is 268 g/mol. The van der Waals surface area contributed by atoms with Gasteiger partial charge in [-0.1, -0.05) is 12.1 Å². The first-order chi connectivity index (χ1) is 7.56. The zero-order valence-corrected chi connectivity index (χ0v) is 10.8. The van der Waals surface area contributed by atoms with Gasteiger partial charge in [0.1, 0.15) is 0 Å². The van der Waals surface area contributed by atoms with E-state index in [4.69, 9.17) is 5.73 Å². The first kappa shape index (κ1) is 12.8. The van der Waals surface area contributed by atoms with Gasteiger partial charge in [-0.05, 0) is 41.4 Å². The molecule has 0 heterocycles. The first-order valence-electron chi connectivity index (χ1n) is 5.02. The van der Waals surface area contributed by atoms with Gasteiger partial charge in [0.25, 0.3) is 5.91 Å². The Hall–Kier alpha value is -1.29. The van der Waals surface area contributed by atoms with E-state index in [2.05, 4.69) is 27.8 Å². The Morgan fingerprint density at radius 1 is 1.69 bits per heavy atom. The Morgan fingerprint density at radius 3 is 3.00 bits per heavy atom. The van der Waals surface area contributed by atoms with Crippen LogP contribution in [-0.4, -0.2) is 11.9 Å². The van der Waals surface area contributed by atoms with Gasteiger partial charge in [-0.15, -0.1) is 6.58 Å². The van der Waals surface area contributed by atoms with E-state index in [1.165, 1.54) is 0 Å². The summed E-state index contributed by atoms with van der Waals surface area (Å²) in [5, 5.41) is 2.87. The van der Waals surface area contributed by atoms with E-state index in [9.17, 15) is 4.79 Å². The summed E-state index contributed by atoms with van der Waals surface area (Å²) in [6.07, 6.45) is 2.52. The van der Waals surface area contributed by atoms with Crippen LogP contribution < -0.4 is 11.1 Å². The van der Waals surface area contributed by atoms with Gasteiger partial charge in [0.05, 0.1) is 10.0 Å². The van der Waals surface area contributed by atoms with Crippen LogP contribution in [0.4, 0.5) is 5.69 Å². The third-order valence-electron chi connectivity index (χ3n) is 2.17. The van der Waals surface area contributed by atoms with Gasteiger partial charge in [0, 0.05) is 11.7 Å². The number of benzene rings is 1. The first-order valence-corrected chi connectivity index (χ1v) is 5.81. The number of nitrogens with one attached hydrogen (secondary N) is 1. The zero-order chi connectivity index (χ0) is 12.1. The van der Waals surface area contributed by atoms with Gasteiger partial charge < -0.3 is 11.1 Å². The second-order valence-corrected chi connectivity index (χ2v) is 4.40. The lowest BCUT2D eigenvalue weighted by atomic mass is 10.1. The third-order valence-corrected chi connectivity index (χ3v) is 3.06. The summed E-state index contributed by atoms with van der Waals surface area (Å²) in [6, 6.07) is 5.30. The minimum Gasteiger partial charge on any atom is -0.398 e. The van der Waals surface area contributed by atoms with Crippen LogP contribution in [-0.2, 0) is 0 Å². The molecule has 0 spiro atoms. The molecule has 16 heavy (non-hydrogen) atoms. The summed E-state index contributed by atoms with van der Waals surface area (Å²) in [5.74, 6) is -0.131. The SMILES string of the molecule is C=CCC(C)NC(=O)c1cccc(N)c1Br. The molecule has 4 heteroatoms. The van der Waals surface area contributed by atoms with Crippen molar-refractivity contribution in [2.24, 2.45) is 0 Å². The van der Waals surface area contributed by atoms with Gasteiger partial charge in [-0.2, -0.15) is 0 Å². The van der Waals surface area contributed by atoms with E-state index in [1.54, 1.807) is 24.3 Å². The summed E-state index contributed by atoms with van der Waals surface area (Å²) in [6.45, 7) is 5.56. The predicted octanol–water partition coefficient (Wildman–Crippen LogP) is 2.73. The van der Waals surface area contributed by atoms with Crippen LogP contribution in [0.25, 0.3) is 0 Å². The second-order valence-electron chi connectivity index (χ2n) is 3.61. The third kappa shape index (κ3) is 3.10. The highest BCUT2D eigenvalue weighted by atomic mass is 79.9. The van der Waals surface area contributed by atoms with Crippen molar-refractivity contribution in [2.45, 2.75) is 19.4 Å². The van der Waals surface area contributed by atoms with Crippen molar-refractivity contribution in [3.05, 3.63) is 40.9 Å². The maximum atomic E-state index is 11.9. The summed E-state index contributed by atoms with van der Waals surface area (Å²) in [5.41, 5.74) is 6.82. The van der Waals surface area contributed by atoms with Crippen LogP contribution in [0.5, 0.6) is 0 Å².